The second-order valence-corrected chi connectivity index (χ2v) is 20.8. The summed E-state index contributed by atoms with van der Waals surface area (Å²) in [6, 6.07) is 0. The van der Waals surface area contributed by atoms with Crippen LogP contribution in [0, 0.1) is 40.4 Å². The van der Waals surface area contributed by atoms with Crippen LogP contribution in [0.3, 0.4) is 0 Å². The van der Waals surface area contributed by atoms with Gasteiger partial charge < -0.3 is 83.9 Å². The quantitative estimate of drug-likeness (QED) is 0.145. The second kappa shape index (κ2) is 17.0. The molecule has 0 radical (unpaired) electrons. The Morgan fingerprint density at radius 2 is 1.28 bits per heavy atom. The summed E-state index contributed by atoms with van der Waals surface area (Å²) < 4.78 is 48.1. The molecular formula is C44H70O17. The van der Waals surface area contributed by atoms with E-state index in [0.717, 1.165) is 51.6 Å². The third kappa shape index (κ3) is 7.90. The van der Waals surface area contributed by atoms with Crippen molar-refractivity contribution in [2.24, 2.45) is 40.4 Å². The maximum atomic E-state index is 11.0. The van der Waals surface area contributed by atoms with Gasteiger partial charge in [0.25, 0.3) is 0 Å². The van der Waals surface area contributed by atoms with Crippen LogP contribution < -0.4 is 0 Å². The van der Waals surface area contributed by atoms with Gasteiger partial charge in [-0.25, -0.2) is 0 Å². The van der Waals surface area contributed by atoms with Crippen LogP contribution in [0.2, 0.25) is 0 Å². The van der Waals surface area contributed by atoms with Gasteiger partial charge in [0, 0.05) is 12.8 Å². The molecule has 9 rings (SSSR count). The topological polar surface area (TPSA) is 256 Å². The number of hydrogen-bond donors (Lipinski definition) is 9. The molecule has 9 aliphatic rings. The zero-order chi connectivity index (χ0) is 43.3. The van der Waals surface area contributed by atoms with E-state index >= 15 is 0 Å². The number of allylic oxidation sites excluding steroid dienone is 1. The van der Waals surface area contributed by atoms with E-state index in [-0.39, 0.29) is 28.8 Å². The summed E-state index contributed by atoms with van der Waals surface area (Å²) >= 11 is 0. The van der Waals surface area contributed by atoms with Gasteiger partial charge in [-0.05, 0) is 98.7 Å². The molecule has 1 spiro atoms. The maximum Gasteiger partial charge on any atom is 0.186 e. The van der Waals surface area contributed by atoms with Crippen molar-refractivity contribution in [1.29, 1.82) is 0 Å². The molecule has 4 aliphatic carbocycles. The van der Waals surface area contributed by atoms with Gasteiger partial charge in [-0.1, -0.05) is 32.4 Å². The minimum atomic E-state index is -1.75. The molecule has 9 N–H and O–H groups in total. The number of ether oxygens (including phenoxy) is 8. The van der Waals surface area contributed by atoms with Crippen LogP contribution >= 0.6 is 0 Å². The van der Waals surface area contributed by atoms with Crippen molar-refractivity contribution in [2.45, 2.75) is 202 Å². The van der Waals surface area contributed by atoms with Crippen molar-refractivity contribution in [3.8, 4) is 0 Å². The number of rotatable bonds is 8. The molecule has 0 aromatic rings. The highest BCUT2D eigenvalue weighted by Gasteiger charge is 2.66. The lowest BCUT2D eigenvalue weighted by Crippen LogP contribution is -2.62. The van der Waals surface area contributed by atoms with Crippen LogP contribution in [0.25, 0.3) is 0 Å². The normalized spacial score (nSPS) is 57.2. The molecule has 5 aliphatic heterocycles. The summed E-state index contributed by atoms with van der Waals surface area (Å²) in [5, 5.41) is 95.2. The molecule has 25 unspecified atom stereocenters. The molecule has 0 bridgehead atoms. The minimum Gasteiger partial charge on any atom is -0.388 e. The summed E-state index contributed by atoms with van der Waals surface area (Å²) in [4.78, 5) is 0. The Morgan fingerprint density at radius 1 is 0.656 bits per heavy atom. The van der Waals surface area contributed by atoms with E-state index in [0.29, 0.717) is 36.0 Å². The number of aliphatic hydroxyl groups excluding tert-OH is 9. The lowest BCUT2D eigenvalue weighted by atomic mass is 9.47. The molecule has 17 nitrogen and oxygen atoms in total. The third-order valence-corrected chi connectivity index (χ3v) is 17.1. The van der Waals surface area contributed by atoms with Gasteiger partial charge in [0.2, 0.25) is 0 Å². The summed E-state index contributed by atoms with van der Waals surface area (Å²) in [6.45, 7) is 8.53. The highest BCUT2D eigenvalue weighted by molar-refractivity contribution is 5.26. The fraction of sp³-hybridized carbons (Fsp3) is 0.955. The molecule has 0 aromatic carbocycles. The second-order valence-electron chi connectivity index (χ2n) is 20.8. The van der Waals surface area contributed by atoms with Crippen molar-refractivity contribution in [3.05, 3.63) is 11.6 Å². The van der Waals surface area contributed by atoms with E-state index in [9.17, 15) is 46.0 Å². The van der Waals surface area contributed by atoms with Gasteiger partial charge in [0.1, 0.15) is 67.1 Å². The Labute approximate surface area is 357 Å². The zero-order valence-electron chi connectivity index (χ0n) is 35.8. The molecule has 8 fully saturated rings. The smallest absolute Gasteiger partial charge is 0.186 e. The van der Waals surface area contributed by atoms with Gasteiger partial charge in [-0.2, -0.15) is 0 Å². The molecule has 3 saturated carbocycles. The molecule has 5 saturated heterocycles. The summed E-state index contributed by atoms with van der Waals surface area (Å²) in [6.07, 6.45) is -9.79. The predicted octanol–water partition coefficient (Wildman–Crippen LogP) is -0.0319. The molecule has 0 aromatic heterocycles. The van der Waals surface area contributed by atoms with Crippen molar-refractivity contribution in [2.75, 3.05) is 19.8 Å². The first kappa shape index (κ1) is 45.2. The van der Waals surface area contributed by atoms with E-state index in [4.69, 9.17) is 37.9 Å². The highest BCUT2D eigenvalue weighted by atomic mass is 16.7. The monoisotopic (exact) mass is 870 g/mol. The molecule has 348 valence electrons. The third-order valence-electron chi connectivity index (χ3n) is 17.1. The fourth-order valence-corrected chi connectivity index (χ4v) is 13.2. The first-order chi connectivity index (χ1) is 28.9. The van der Waals surface area contributed by atoms with Crippen LogP contribution in [0.15, 0.2) is 11.6 Å². The Bertz CT molecular complexity index is 1580. The average molecular weight is 871 g/mol. The Kier molecular flexibility index (Phi) is 12.6. The predicted molar refractivity (Wildman–Crippen MR) is 210 cm³/mol. The van der Waals surface area contributed by atoms with Crippen LogP contribution in [0.4, 0.5) is 0 Å². The van der Waals surface area contributed by atoms with E-state index in [1.165, 1.54) is 25.3 Å². The van der Waals surface area contributed by atoms with E-state index in [1.54, 1.807) is 0 Å². The first-order valence-corrected chi connectivity index (χ1v) is 22.9. The molecule has 17 heteroatoms. The largest absolute Gasteiger partial charge is 0.388 e. The summed E-state index contributed by atoms with van der Waals surface area (Å²) in [7, 11) is 0. The number of aliphatic hydroxyl groups is 9. The first-order valence-electron chi connectivity index (χ1n) is 22.9. The molecule has 5 heterocycles. The zero-order valence-corrected chi connectivity index (χ0v) is 35.8. The SMILES string of the molecule is CC1CCC2(CC3C(CC4C5CC=C6CC(OC7OC(COC8OC(COC9OC(C)C(O)C(O)C9O)C(O)C(O)C8O)C(O)C(O)C7O)CCC6(C)C5CCC34C)O2)OC1. The fourth-order valence-electron chi connectivity index (χ4n) is 13.2. The van der Waals surface area contributed by atoms with Gasteiger partial charge in [-0.3, -0.25) is 0 Å². The van der Waals surface area contributed by atoms with Gasteiger partial charge >= 0.3 is 0 Å². The summed E-state index contributed by atoms with van der Waals surface area (Å²) in [5.74, 6) is 2.49. The van der Waals surface area contributed by atoms with Crippen molar-refractivity contribution in [1.82, 2.24) is 0 Å². The number of hydrogen-bond acceptors (Lipinski definition) is 17. The Balaban J connectivity index is 0.799. The maximum absolute atomic E-state index is 11.0. The van der Waals surface area contributed by atoms with E-state index < -0.39 is 105 Å². The average Bonchev–Trinajstić information content (AvgIpc) is 3.74. The van der Waals surface area contributed by atoms with E-state index in [1.807, 2.05) is 0 Å². The van der Waals surface area contributed by atoms with Gasteiger partial charge in [-0.15, -0.1) is 0 Å². The minimum absolute atomic E-state index is 0.0257. The van der Waals surface area contributed by atoms with Crippen LogP contribution in [0.1, 0.15) is 91.9 Å². The molecule has 25 atom stereocenters. The van der Waals surface area contributed by atoms with Gasteiger partial charge in [0.15, 0.2) is 24.7 Å². The van der Waals surface area contributed by atoms with Crippen molar-refractivity contribution < 1.29 is 83.9 Å². The number of fused-ring (bicyclic) bond motifs is 7. The van der Waals surface area contributed by atoms with Crippen LogP contribution in [0.5, 0.6) is 0 Å². The standard InChI is InChI=1S/C44H70O17/c1-19-7-12-44(56-16-19)15-26-27(61-44)14-25-23-6-5-21-13-22(8-10-42(21,3)24(23)9-11-43(25,26)4)58-41-38(53)35(50)32(47)29(60-41)18-55-40-37(52)34(49)31(46)28(59-40)17-54-39-36(51)33(48)30(45)20(2)57-39/h5,19-20,22-41,45-53H,6-18H2,1-4H3. The van der Waals surface area contributed by atoms with E-state index in [2.05, 4.69) is 26.8 Å². The highest BCUT2D eigenvalue weighted by Crippen LogP contribution is 2.69. The van der Waals surface area contributed by atoms with Crippen LogP contribution in [-0.4, -0.2) is 176 Å². The van der Waals surface area contributed by atoms with Crippen molar-refractivity contribution >= 4 is 0 Å². The van der Waals surface area contributed by atoms with Gasteiger partial charge in [0.05, 0.1) is 38.1 Å². The van der Waals surface area contributed by atoms with Crippen LogP contribution in [-0.2, 0) is 37.9 Å². The van der Waals surface area contributed by atoms with Crippen molar-refractivity contribution in [3.63, 3.8) is 0 Å². The molecular weight excluding hydrogens is 800 g/mol. The Morgan fingerprint density at radius 3 is 1.93 bits per heavy atom. The molecule has 61 heavy (non-hydrogen) atoms. The summed E-state index contributed by atoms with van der Waals surface area (Å²) in [5.41, 5.74) is 1.64. The molecule has 0 amide bonds. The lowest BCUT2D eigenvalue weighted by molar-refractivity contribution is -0.344. The lowest BCUT2D eigenvalue weighted by Gasteiger charge is -2.58. The Hall–Kier alpha value is -0.940.